The Hall–Kier alpha value is -0.610. The van der Waals surface area contributed by atoms with Crippen LogP contribution in [0.5, 0.6) is 0 Å². The second-order valence-electron chi connectivity index (χ2n) is 5.40. The molecular formula is C14H17BrO3. The van der Waals surface area contributed by atoms with E-state index >= 15 is 0 Å². The molecule has 2 aliphatic rings. The molecule has 4 heteroatoms. The van der Waals surface area contributed by atoms with Crippen LogP contribution in [0.4, 0.5) is 0 Å². The summed E-state index contributed by atoms with van der Waals surface area (Å²) in [6.07, 6.45) is 6.36. The van der Waals surface area contributed by atoms with Crippen LogP contribution in [0.25, 0.3) is 0 Å². The van der Waals surface area contributed by atoms with E-state index in [-0.39, 0.29) is 17.3 Å². The number of hydrogen-bond donors (Lipinski definition) is 0. The number of rotatable bonds is 2. The zero-order valence-corrected chi connectivity index (χ0v) is 11.9. The number of carbonyl (C=O) groups is 1. The minimum atomic E-state index is -0.0115. The van der Waals surface area contributed by atoms with Crippen molar-refractivity contribution >= 4 is 21.7 Å². The molecule has 0 amide bonds. The van der Waals surface area contributed by atoms with E-state index < -0.39 is 0 Å². The van der Waals surface area contributed by atoms with Gasteiger partial charge >= 0.3 is 0 Å². The zero-order chi connectivity index (χ0) is 12.6. The molecule has 1 aliphatic carbocycles. The van der Waals surface area contributed by atoms with Gasteiger partial charge in [-0.25, -0.2) is 0 Å². The molecule has 1 aromatic rings. The molecule has 0 bridgehead atoms. The number of carbonyl (C=O) groups excluding carboxylic acids is 1. The van der Waals surface area contributed by atoms with Gasteiger partial charge in [0.2, 0.25) is 5.78 Å². The second-order valence-corrected chi connectivity index (χ2v) is 6.18. The van der Waals surface area contributed by atoms with Crippen molar-refractivity contribution in [2.45, 2.75) is 44.1 Å². The van der Waals surface area contributed by atoms with Gasteiger partial charge < -0.3 is 9.15 Å². The van der Waals surface area contributed by atoms with Crippen molar-refractivity contribution in [3.05, 3.63) is 22.6 Å². The van der Waals surface area contributed by atoms with E-state index in [4.69, 9.17) is 9.15 Å². The van der Waals surface area contributed by atoms with Gasteiger partial charge in [0.15, 0.2) is 10.4 Å². The number of furan rings is 1. The van der Waals surface area contributed by atoms with Crippen molar-refractivity contribution in [3.63, 3.8) is 0 Å². The maximum absolute atomic E-state index is 12.4. The Bertz CT molecular complexity index is 446. The summed E-state index contributed by atoms with van der Waals surface area (Å²) < 4.78 is 12.0. The minimum Gasteiger partial charge on any atom is -0.446 e. The first-order chi connectivity index (χ1) is 8.69. The highest BCUT2D eigenvalue weighted by Crippen LogP contribution is 2.42. The zero-order valence-electron chi connectivity index (χ0n) is 10.3. The van der Waals surface area contributed by atoms with Crippen molar-refractivity contribution in [1.82, 2.24) is 0 Å². The molecule has 0 radical (unpaired) electrons. The lowest BCUT2D eigenvalue weighted by Crippen LogP contribution is -2.39. The summed E-state index contributed by atoms with van der Waals surface area (Å²) >= 11 is 3.24. The Labute approximate surface area is 115 Å². The topological polar surface area (TPSA) is 39.4 Å². The lowest BCUT2D eigenvalue weighted by atomic mass is 9.82. The monoisotopic (exact) mass is 312 g/mol. The van der Waals surface area contributed by atoms with E-state index in [0.29, 0.717) is 17.0 Å². The van der Waals surface area contributed by atoms with Gasteiger partial charge in [-0.15, -0.1) is 0 Å². The lowest BCUT2D eigenvalue weighted by molar-refractivity contribution is -0.0868. The van der Waals surface area contributed by atoms with E-state index in [1.54, 1.807) is 12.1 Å². The normalized spacial score (nSPS) is 26.6. The maximum Gasteiger partial charge on any atom is 0.201 e. The molecule has 1 atom stereocenters. The number of halogens is 1. The molecule has 1 unspecified atom stereocenters. The van der Waals surface area contributed by atoms with Crippen LogP contribution in [0, 0.1) is 5.92 Å². The third-order valence-corrected chi connectivity index (χ3v) is 4.62. The number of Topliss-reactive ketones (excluding diaryl/α,β-unsaturated/α-hetero) is 1. The highest BCUT2D eigenvalue weighted by molar-refractivity contribution is 9.10. The Kier molecular flexibility index (Phi) is 3.32. The molecule has 3 rings (SSSR count). The molecule has 18 heavy (non-hydrogen) atoms. The first-order valence-corrected chi connectivity index (χ1v) is 7.41. The maximum atomic E-state index is 12.4. The van der Waals surface area contributed by atoms with Crippen LogP contribution < -0.4 is 0 Å². The average Bonchev–Trinajstić information content (AvgIpc) is 2.98. The van der Waals surface area contributed by atoms with Crippen molar-refractivity contribution in [1.29, 1.82) is 0 Å². The Morgan fingerprint density at radius 2 is 2.11 bits per heavy atom. The fraction of sp³-hybridized carbons (Fsp3) is 0.643. The molecule has 1 saturated carbocycles. The van der Waals surface area contributed by atoms with E-state index in [1.165, 1.54) is 12.8 Å². The first kappa shape index (κ1) is 12.4. The Morgan fingerprint density at radius 3 is 2.78 bits per heavy atom. The van der Waals surface area contributed by atoms with E-state index in [1.807, 2.05) is 0 Å². The van der Waals surface area contributed by atoms with Crippen LogP contribution in [0.1, 0.15) is 49.1 Å². The summed E-state index contributed by atoms with van der Waals surface area (Å²) in [5.41, 5.74) is -0.0115. The molecule has 1 aromatic heterocycles. The summed E-state index contributed by atoms with van der Waals surface area (Å²) in [6, 6.07) is 3.53. The number of hydrogen-bond acceptors (Lipinski definition) is 3. The fourth-order valence-electron chi connectivity index (χ4n) is 3.27. The van der Waals surface area contributed by atoms with Gasteiger partial charge in [-0.05, 0) is 53.7 Å². The lowest BCUT2D eigenvalue weighted by Gasteiger charge is -2.37. The van der Waals surface area contributed by atoms with Crippen LogP contribution in [0.3, 0.4) is 0 Å². The minimum absolute atomic E-state index is 0.0115. The molecule has 0 N–H and O–H groups in total. The third-order valence-electron chi connectivity index (χ3n) is 4.19. The van der Waals surface area contributed by atoms with Crippen molar-refractivity contribution in [2.75, 3.05) is 6.61 Å². The number of ketones is 1. The molecule has 2 fully saturated rings. The van der Waals surface area contributed by atoms with E-state index in [0.717, 1.165) is 25.7 Å². The third kappa shape index (κ3) is 2.28. The van der Waals surface area contributed by atoms with E-state index in [2.05, 4.69) is 15.9 Å². The van der Waals surface area contributed by atoms with Gasteiger partial charge in [0.1, 0.15) is 0 Å². The molecular weight excluding hydrogens is 296 g/mol. The predicted octanol–water partition coefficient (Wildman–Crippen LogP) is 3.96. The van der Waals surface area contributed by atoms with E-state index in [9.17, 15) is 4.79 Å². The molecule has 3 nitrogen and oxygen atoms in total. The van der Waals surface area contributed by atoms with Gasteiger partial charge in [-0.1, -0.05) is 12.8 Å². The van der Waals surface area contributed by atoms with Crippen LogP contribution in [-0.2, 0) is 4.74 Å². The fourth-order valence-corrected chi connectivity index (χ4v) is 3.57. The average molecular weight is 313 g/mol. The van der Waals surface area contributed by atoms with Gasteiger partial charge in [0.05, 0.1) is 5.60 Å². The number of ether oxygens (including phenoxy) is 1. The standard InChI is InChI=1S/C14H17BrO3/c15-12-4-3-11(18-12)13(16)10-5-8-17-14(9-10)6-1-2-7-14/h3-4,10H,1-2,5-9H2. The van der Waals surface area contributed by atoms with Crippen molar-refractivity contribution in [3.8, 4) is 0 Å². The smallest absolute Gasteiger partial charge is 0.201 e. The van der Waals surface area contributed by atoms with Crippen LogP contribution in [0.2, 0.25) is 0 Å². The summed E-state index contributed by atoms with van der Waals surface area (Å²) in [5, 5.41) is 0. The molecule has 1 aliphatic heterocycles. The van der Waals surface area contributed by atoms with Crippen molar-refractivity contribution < 1.29 is 13.9 Å². The largest absolute Gasteiger partial charge is 0.446 e. The van der Waals surface area contributed by atoms with Gasteiger partial charge in [0.25, 0.3) is 0 Å². The van der Waals surface area contributed by atoms with Crippen molar-refractivity contribution in [2.24, 2.45) is 5.92 Å². The molecule has 2 heterocycles. The van der Waals surface area contributed by atoms with Crippen LogP contribution in [0.15, 0.2) is 21.2 Å². The van der Waals surface area contributed by atoms with Crippen LogP contribution >= 0.6 is 15.9 Å². The molecule has 1 saturated heterocycles. The Balaban J connectivity index is 1.74. The highest BCUT2D eigenvalue weighted by Gasteiger charge is 2.42. The summed E-state index contributed by atoms with van der Waals surface area (Å²) in [5.74, 6) is 0.673. The molecule has 1 spiro atoms. The predicted molar refractivity (Wildman–Crippen MR) is 70.6 cm³/mol. The van der Waals surface area contributed by atoms with Crippen LogP contribution in [-0.4, -0.2) is 18.0 Å². The van der Waals surface area contributed by atoms with Gasteiger partial charge in [-0.3, -0.25) is 4.79 Å². The first-order valence-electron chi connectivity index (χ1n) is 6.62. The Morgan fingerprint density at radius 1 is 1.33 bits per heavy atom. The second kappa shape index (κ2) is 4.82. The molecule has 98 valence electrons. The van der Waals surface area contributed by atoms with Gasteiger partial charge in [-0.2, -0.15) is 0 Å². The summed E-state index contributed by atoms with van der Waals surface area (Å²) in [6.45, 7) is 0.707. The highest BCUT2D eigenvalue weighted by atomic mass is 79.9. The summed E-state index contributed by atoms with van der Waals surface area (Å²) in [4.78, 5) is 12.4. The quantitative estimate of drug-likeness (QED) is 0.776. The molecule has 0 aromatic carbocycles. The van der Waals surface area contributed by atoms with Gasteiger partial charge in [0, 0.05) is 12.5 Å². The summed E-state index contributed by atoms with van der Waals surface area (Å²) in [7, 11) is 0. The SMILES string of the molecule is O=C(c1ccc(Br)o1)C1CCOC2(CCCC2)C1.